The zero-order valence-electron chi connectivity index (χ0n) is 36.5. The third kappa shape index (κ3) is 31.0. The first-order valence-electron chi connectivity index (χ1n) is 22.5. The Bertz CT molecular complexity index is 1390. The first kappa shape index (κ1) is 55.1. The van der Waals surface area contributed by atoms with Crippen LogP contribution in [0.25, 0.3) is 0 Å². The van der Waals surface area contributed by atoms with Crippen molar-refractivity contribution in [2.75, 3.05) is 19.0 Å². The number of carbonyl (C=O) groups is 2. The summed E-state index contributed by atoms with van der Waals surface area (Å²) in [6.07, 6.45) is 36.7. The molecule has 0 radical (unpaired) electrons. The van der Waals surface area contributed by atoms with E-state index in [-0.39, 0.29) is 19.4 Å². The van der Waals surface area contributed by atoms with Gasteiger partial charge in [0.25, 0.3) is 10.1 Å². The molecular formula is C47H78O12S. The number of carbonyl (C=O) groups excluding carboxylic acids is 2. The van der Waals surface area contributed by atoms with Gasteiger partial charge in [0.15, 0.2) is 12.4 Å². The Morgan fingerprint density at radius 3 is 1.63 bits per heavy atom. The van der Waals surface area contributed by atoms with Gasteiger partial charge in [-0.25, -0.2) is 0 Å². The summed E-state index contributed by atoms with van der Waals surface area (Å²) >= 11 is 0. The van der Waals surface area contributed by atoms with E-state index in [0.717, 1.165) is 70.6 Å². The number of esters is 2. The minimum absolute atomic E-state index is 0.136. The van der Waals surface area contributed by atoms with Gasteiger partial charge in [-0.15, -0.1) is 0 Å². The fourth-order valence-electron chi connectivity index (χ4n) is 6.29. The molecule has 1 saturated heterocycles. The van der Waals surface area contributed by atoms with Gasteiger partial charge in [0.2, 0.25) is 0 Å². The monoisotopic (exact) mass is 867 g/mol. The number of aliphatic hydroxyl groups excluding tert-OH is 3. The summed E-state index contributed by atoms with van der Waals surface area (Å²) in [6, 6.07) is 0. The van der Waals surface area contributed by atoms with E-state index in [1.165, 1.54) is 38.5 Å². The second-order valence-corrected chi connectivity index (χ2v) is 16.8. The highest BCUT2D eigenvalue weighted by Crippen LogP contribution is 2.24. The number of aliphatic hydroxyl groups is 3. The van der Waals surface area contributed by atoms with Gasteiger partial charge in [0.1, 0.15) is 36.8 Å². The largest absolute Gasteiger partial charge is 0.462 e. The molecule has 0 amide bonds. The van der Waals surface area contributed by atoms with Crippen LogP contribution in [0, 0.1) is 0 Å². The summed E-state index contributed by atoms with van der Waals surface area (Å²) in [6.45, 7) is 3.57. The predicted octanol–water partition coefficient (Wildman–Crippen LogP) is 9.11. The van der Waals surface area contributed by atoms with Crippen LogP contribution >= 0.6 is 0 Å². The SMILES string of the molecule is CC/C=C/C/C=C/C/C=C/C/C=C/C/C=C/CCCC(=O)OC[C@H](CO[C@H]1O[C@H](CS(=O)(=O)O)[C@@H](O)C(O)C1O)OC(=O)CCCCCCC/C=C/CCCCCCCC. The van der Waals surface area contributed by atoms with E-state index in [2.05, 4.69) is 74.6 Å². The van der Waals surface area contributed by atoms with Crippen molar-refractivity contribution in [1.29, 1.82) is 0 Å². The van der Waals surface area contributed by atoms with Gasteiger partial charge < -0.3 is 34.3 Å². The van der Waals surface area contributed by atoms with Crippen molar-refractivity contribution < 1.29 is 56.8 Å². The topological polar surface area (TPSA) is 186 Å². The van der Waals surface area contributed by atoms with Crippen LogP contribution < -0.4 is 0 Å². The molecule has 60 heavy (non-hydrogen) atoms. The standard InChI is InChI=1S/C47H78O12S/c1-3-5-7-9-11-13-15-17-19-20-22-23-25-27-29-31-33-35-42(48)56-37-40(38-57-47-46(52)45(51)44(50)41(59-47)39-60(53,54)55)58-43(49)36-34-32-30-28-26-24-21-18-16-14-12-10-8-6-4-2/h5,7,11,13,17-19,21-23,27,29,40-41,44-47,50-52H,3-4,6,8-10,12,14-16,20,24-26,28,30-39H2,1-2H3,(H,53,54,55)/b7-5+,13-11+,19-17+,21-18+,23-22+,29-27+/t40-,41-,44-,45?,46?,47+/m1/s1. The van der Waals surface area contributed by atoms with Crippen LogP contribution in [0.1, 0.15) is 155 Å². The maximum atomic E-state index is 12.8. The smallest absolute Gasteiger partial charge is 0.306 e. The number of unbranched alkanes of at least 4 members (excludes halogenated alkanes) is 12. The summed E-state index contributed by atoms with van der Waals surface area (Å²) in [4.78, 5) is 25.4. The summed E-state index contributed by atoms with van der Waals surface area (Å²) < 4.78 is 54.0. The minimum atomic E-state index is -4.61. The lowest BCUT2D eigenvalue weighted by atomic mass is 10.00. The molecule has 6 atom stereocenters. The number of allylic oxidation sites excluding steroid dienone is 12. The Kier molecular flexibility index (Phi) is 33.7. The molecule has 4 N–H and O–H groups in total. The highest BCUT2D eigenvalue weighted by atomic mass is 32.2. The van der Waals surface area contributed by atoms with Gasteiger partial charge in [-0.1, -0.05) is 138 Å². The molecule has 0 spiro atoms. The molecule has 1 heterocycles. The molecule has 1 aliphatic heterocycles. The van der Waals surface area contributed by atoms with Crippen LogP contribution in [0.4, 0.5) is 0 Å². The Morgan fingerprint density at radius 2 is 1.07 bits per heavy atom. The maximum absolute atomic E-state index is 12.8. The quantitative estimate of drug-likeness (QED) is 0.0203. The van der Waals surface area contributed by atoms with Crippen molar-refractivity contribution in [3.8, 4) is 0 Å². The predicted molar refractivity (Wildman–Crippen MR) is 238 cm³/mol. The molecule has 13 heteroatoms. The highest BCUT2D eigenvalue weighted by Gasteiger charge is 2.46. The average Bonchev–Trinajstić information content (AvgIpc) is 3.21. The molecular weight excluding hydrogens is 789 g/mol. The Balaban J connectivity index is 2.51. The van der Waals surface area contributed by atoms with Crippen molar-refractivity contribution in [2.45, 2.75) is 192 Å². The summed E-state index contributed by atoms with van der Waals surface area (Å²) in [5.74, 6) is -2.08. The van der Waals surface area contributed by atoms with E-state index in [1.54, 1.807) is 0 Å². The van der Waals surface area contributed by atoms with Crippen molar-refractivity contribution >= 4 is 22.1 Å². The van der Waals surface area contributed by atoms with E-state index < -0.39 is 71.2 Å². The van der Waals surface area contributed by atoms with Gasteiger partial charge in [-0.05, 0) is 77.0 Å². The van der Waals surface area contributed by atoms with E-state index in [1.807, 2.05) is 12.2 Å². The molecule has 0 aliphatic carbocycles. The molecule has 1 fully saturated rings. The number of ether oxygens (including phenoxy) is 4. The van der Waals surface area contributed by atoms with Crippen LogP contribution in [0.5, 0.6) is 0 Å². The van der Waals surface area contributed by atoms with Gasteiger partial charge in [0.05, 0.1) is 6.61 Å². The van der Waals surface area contributed by atoms with Crippen LogP contribution in [-0.4, -0.2) is 96.0 Å². The Hall–Kier alpha value is -2.91. The molecule has 12 nitrogen and oxygen atoms in total. The van der Waals surface area contributed by atoms with E-state index in [4.69, 9.17) is 18.9 Å². The lowest BCUT2D eigenvalue weighted by Crippen LogP contribution is -2.60. The fourth-order valence-corrected chi connectivity index (χ4v) is 6.98. The highest BCUT2D eigenvalue weighted by molar-refractivity contribution is 7.85. The van der Waals surface area contributed by atoms with E-state index in [9.17, 15) is 37.9 Å². The average molecular weight is 867 g/mol. The Labute approximate surface area is 361 Å². The van der Waals surface area contributed by atoms with Gasteiger partial charge >= 0.3 is 11.9 Å². The van der Waals surface area contributed by atoms with Crippen molar-refractivity contribution in [1.82, 2.24) is 0 Å². The lowest BCUT2D eigenvalue weighted by Gasteiger charge is -2.40. The van der Waals surface area contributed by atoms with Gasteiger partial charge in [-0.3, -0.25) is 14.1 Å². The minimum Gasteiger partial charge on any atom is -0.462 e. The molecule has 0 saturated carbocycles. The molecule has 1 aliphatic rings. The maximum Gasteiger partial charge on any atom is 0.306 e. The van der Waals surface area contributed by atoms with Crippen LogP contribution in [0.15, 0.2) is 72.9 Å². The lowest BCUT2D eigenvalue weighted by molar-refractivity contribution is -0.297. The second-order valence-electron chi connectivity index (χ2n) is 15.3. The summed E-state index contributed by atoms with van der Waals surface area (Å²) in [5.41, 5.74) is 0. The summed E-state index contributed by atoms with van der Waals surface area (Å²) in [5, 5.41) is 30.9. The molecule has 2 unspecified atom stereocenters. The van der Waals surface area contributed by atoms with E-state index >= 15 is 0 Å². The first-order chi connectivity index (χ1) is 29.0. The second kappa shape index (κ2) is 36.7. The molecule has 1 rings (SSSR count). The third-order valence-corrected chi connectivity index (χ3v) is 10.5. The molecule has 344 valence electrons. The van der Waals surface area contributed by atoms with Gasteiger partial charge in [0, 0.05) is 12.8 Å². The zero-order valence-corrected chi connectivity index (χ0v) is 37.3. The molecule has 0 aromatic carbocycles. The van der Waals surface area contributed by atoms with Crippen molar-refractivity contribution in [2.24, 2.45) is 0 Å². The third-order valence-electron chi connectivity index (χ3n) is 9.77. The van der Waals surface area contributed by atoms with Gasteiger partial charge in [-0.2, -0.15) is 8.42 Å². The number of rotatable bonds is 36. The Morgan fingerprint density at radius 1 is 0.583 bits per heavy atom. The van der Waals surface area contributed by atoms with Crippen molar-refractivity contribution in [3.63, 3.8) is 0 Å². The zero-order chi connectivity index (χ0) is 44.1. The van der Waals surface area contributed by atoms with E-state index in [0.29, 0.717) is 19.3 Å². The summed E-state index contributed by atoms with van der Waals surface area (Å²) in [7, 11) is -4.61. The van der Waals surface area contributed by atoms with Crippen molar-refractivity contribution in [3.05, 3.63) is 72.9 Å². The molecule has 0 bridgehead atoms. The number of hydrogen-bond acceptors (Lipinski definition) is 11. The first-order valence-corrected chi connectivity index (χ1v) is 24.1. The fraction of sp³-hybridized carbons (Fsp3) is 0.702. The van der Waals surface area contributed by atoms with Crippen LogP contribution in [-0.2, 0) is 38.7 Å². The normalized spacial score (nSPS) is 20.8. The van der Waals surface area contributed by atoms with Crippen LogP contribution in [0.2, 0.25) is 0 Å². The molecule has 0 aromatic rings. The number of hydrogen-bond donors (Lipinski definition) is 4. The van der Waals surface area contributed by atoms with Crippen LogP contribution in [0.3, 0.4) is 0 Å². The molecule has 0 aromatic heterocycles.